The van der Waals surface area contributed by atoms with Gasteiger partial charge in [-0.25, -0.2) is 4.79 Å². The molecule has 17 heavy (non-hydrogen) atoms. The molecular weight excluding hydrogens is 224 g/mol. The van der Waals surface area contributed by atoms with Crippen molar-refractivity contribution >= 4 is 11.9 Å². The van der Waals surface area contributed by atoms with E-state index in [-0.39, 0.29) is 12.5 Å². The number of aliphatic carboxylic acids is 1. The minimum absolute atomic E-state index is 0.220. The van der Waals surface area contributed by atoms with Gasteiger partial charge in [0.1, 0.15) is 6.04 Å². The summed E-state index contributed by atoms with van der Waals surface area (Å²) in [5, 5.41) is 11.5. The summed E-state index contributed by atoms with van der Waals surface area (Å²) in [5.41, 5.74) is 5.00. The van der Waals surface area contributed by atoms with Crippen molar-refractivity contribution in [3.63, 3.8) is 0 Å². The maximum Gasteiger partial charge on any atom is 0.326 e. The summed E-state index contributed by atoms with van der Waals surface area (Å²) in [7, 11) is 0. The molecule has 1 aliphatic heterocycles. The number of amides is 1. The average Bonchev–Trinajstić information content (AvgIpc) is 2.35. The third-order valence-electron chi connectivity index (χ3n) is 3.33. The molecule has 6 nitrogen and oxygen atoms in total. The van der Waals surface area contributed by atoms with E-state index in [9.17, 15) is 9.59 Å². The Hall–Kier alpha value is -1.14. The fourth-order valence-electron chi connectivity index (χ4n) is 1.94. The SMILES string of the molecule is CC[C@H](NC(=O)C1(CN)CCOCC1)C(=O)O. The van der Waals surface area contributed by atoms with Crippen molar-refractivity contribution in [3.05, 3.63) is 0 Å². The van der Waals surface area contributed by atoms with E-state index in [2.05, 4.69) is 5.32 Å². The van der Waals surface area contributed by atoms with Crippen molar-refractivity contribution in [1.29, 1.82) is 0 Å². The molecule has 1 heterocycles. The zero-order valence-electron chi connectivity index (χ0n) is 10.1. The lowest BCUT2D eigenvalue weighted by atomic mass is 9.79. The van der Waals surface area contributed by atoms with Gasteiger partial charge in [-0.3, -0.25) is 4.79 Å². The molecule has 6 heteroatoms. The molecule has 0 unspecified atom stereocenters. The number of hydrogen-bond donors (Lipinski definition) is 3. The second-order valence-corrected chi connectivity index (χ2v) is 4.37. The fraction of sp³-hybridized carbons (Fsp3) is 0.818. The van der Waals surface area contributed by atoms with Gasteiger partial charge in [0.2, 0.25) is 5.91 Å². The number of rotatable bonds is 5. The van der Waals surface area contributed by atoms with Crippen LogP contribution in [0.2, 0.25) is 0 Å². The molecule has 0 aliphatic carbocycles. The number of ether oxygens (including phenoxy) is 1. The standard InChI is InChI=1S/C11H20N2O4/c1-2-8(9(14)15)13-10(16)11(7-12)3-5-17-6-4-11/h8H,2-7,12H2,1H3,(H,13,16)(H,14,15)/t8-/m0/s1. The minimum atomic E-state index is -1.01. The van der Waals surface area contributed by atoms with E-state index in [0.717, 1.165) is 0 Å². The van der Waals surface area contributed by atoms with Crippen LogP contribution in [0.3, 0.4) is 0 Å². The highest BCUT2D eigenvalue weighted by molar-refractivity contribution is 5.87. The smallest absolute Gasteiger partial charge is 0.326 e. The Bertz CT molecular complexity index is 287. The Balaban J connectivity index is 2.68. The molecule has 1 fully saturated rings. The van der Waals surface area contributed by atoms with Crippen molar-refractivity contribution in [2.75, 3.05) is 19.8 Å². The van der Waals surface area contributed by atoms with Crippen LogP contribution in [0, 0.1) is 5.41 Å². The van der Waals surface area contributed by atoms with Crippen LogP contribution in [0.4, 0.5) is 0 Å². The first-order chi connectivity index (χ1) is 8.05. The first kappa shape index (κ1) is 13.9. The van der Waals surface area contributed by atoms with Gasteiger partial charge in [-0.05, 0) is 19.3 Å². The van der Waals surface area contributed by atoms with Crippen LogP contribution in [-0.4, -0.2) is 42.8 Å². The summed E-state index contributed by atoms with van der Waals surface area (Å²) in [6.07, 6.45) is 1.45. The fourth-order valence-corrected chi connectivity index (χ4v) is 1.94. The van der Waals surface area contributed by atoms with Gasteiger partial charge in [0, 0.05) is 19.8 Å². The molecular formula is C11H20N2O4. The molecule has 0 spiro atoms. The number of nitrogens with two attached hydrogens (primary N) is 1. The van der Waals surface area contributed by atoms with Gasteiger partial charge >= 0.3 is 5.97 Å². The van der Waals surface area contributed by atoms with Gasteiger partial charge in [0.05, 0.1) is 5.41 Å². The number of carboxylic acid groups (broad SMARTS) is 1. The van der Waals surface area contributed by atoms with Crippen molar-refractivity contribution in [3.8, 4) is 0 Å². The normalized spacial score (nSPS) is 20.6. The van der Waals surface area contributed by atoms with Crippen molar-refractivity contribution < 1.29 is 19.4 Å². The van der Waals surface area contributed by atoms with Crippen molar-refractivity contribution in [2.45, 2.75) is 32.2 Å². The molecule has 1 aliphatic rings. The van der Waals surface area contributed by atoms with Crippen LogP contribution in [0.5, 0.6) is 0 Å². The second-order valence-electron chi connectivity index (χ2n) is 4.37. The van der Waals surface area contributed by atoms with Crippen molar-refractivity contribution in [1.82, 2.24) is 5.32 Å². The highest BCUT2D eigenvalue weighted by Crippen LogP contribution is 2.29. The van der Waals surface area contributed by atoms with E-state index in [1.807, 2.05) is 0 Å². The first-order valence-corrected chi connectivity index (χ1v) is 5.87. The number of nitrogens with one attached hydrogen (secondary N) is 1. The van der Waals surface area contributed by atoms with Crippen LogP contribution in [-0.2, 0) is 14.3 Å². The van der Waals surface area contributed by atoms with E-state index in [0.29, 0.717) is 32.5 Å². The Morgan fingerprint density at radius 2 is 2.06 bits per heavy atom. The third kappa shape index (κ3) is 3.17. The number of carbonyl (C=O) groups is 2. The molecule has 0 bridgehead atoms. The molecule has 0 radical (unpaired) electrons. The molecule has 4 N–H and O–H groups in total. The van der Waals surface area contributed by atoms with E-state index in [1.165, 1.54) is 0 Å². The number of carbonyl (C=O) groups excluding carboxylic acids is 1. The summed E-state index contributed by atoms with van der Waals surface area (Å²) >= 11 is 0. The predicted octanol–water partition coefficient (Wildman–Crippen LogP) is -0.279. The highest BCUT2D eigenvalue weighted by atomic mass is 16.5. The van der Waals surface area contributed by atoms with Gasteiger partial charge in [0.25, 0.3) is 0 Å². The molecule has 1 saturated heterocycles. The molecule has 1 rings (SSSR count). The molecule has 0 aromatic carbocycles. The van der Waals surface area contributed by atoms with Gasteiger partial charge < -0.3 is 20.9 Å². The molecule has 0 aromatic heterocycles. The van der Waals surface area contributed by atoms with Gasteiger partial charge in [0.15, 0.2) is 0 Å². The quantitative estimate of drug-likeness (QED) is 0.617. The van der Waals surface area contributed by atoms with Crippen LogP contribution in [0.25, 0.3) is 0 Å². The number of carboxylic acids is 1. The Morgan fingerprint density at radius 1 is 1.47 bits per heavy atom. The third-order valence-corrected chi connectivity index (χ3v) is 3.33. The van der Waals surface area contributed by atoms with Crippen LogP contribution in [0.1, 0.15) is 26.2 Å². The summed E-state index contributed by atoms with van der Waals surface area (Å²) in [5.74, 6) is -1.28. The van der Waals surface area contributed by atoms with E-state index in [4.69, 9.17) is 15.6 Å². The zero-order chi connectivity index (χ0) is 12.9. The predicted molar refractivity (Wildman–Crippen MR) is 61.4 cm³/mol. The summed E-state index contributed by atoms with van der Waals surface area (Å²) in [4.78, 5) is 23.0. The van der Waals surface area contributed by atoms with Gasteiger partial charge in [-0.15, -0.1) is 0 Å². The van der Waals surface area contributed by atoms with Crippen LogP contribution < -0.4 is 11.1 Å². The van der Waals surface area contributed by atoms with E-state index < -0.39 is 17.4 Å². The Morgan fingerprint density at radius 3 is 2.47 bits per heavy atom. The lowest BCUT2D eigenvalue weighted by Crippen LogP contribution is -2.53. The lowest BCUT2D eigenvalue weighted by Gasteiger charge is -2.35. The Labute approximate surface area is 101 Å². The number of hydrogen-bond acceptors (Lipinski definition) is 4. The van der Waals surface area contributed by atoms with Crippen LogP contribution in [0.15, 0.2) is 0 Å². The maximum atomic E-state index is 12.1. The molecule has 0 aromatic rings. The van der Waals surface area contributed by atoms with E-state index >= 15 is 0 Å². The highest BCUT2D eigenvalue weighted by Gasteiger charge is 2.40. The minimum Gasteiger partial charge on any atom is -0.480 e. The maximum absolute atomic E-state index is 12.1. The average molecular weight is 244 g/mol. The van der Waals surface area contributed by atoms with Crippen molar-refractivity contribution in [2.24, 2.45) is 11.1 Å². The van der Waals surface area contributed by atoms with E-state index in [1.54, 1.807) is 6.92 Å². The van der Waals surface area contributed by atoms with Gasteiger partial charge in [-0.2, -0.15) is 0 Å². The first-order valence-electron chi connectivity index (χ1n) is 5.87. The molecule has 98 valence electrons. The second kappa shape index (κ2) is 5.97. The summed E-state index contributed by atoms with van der Waals surface area (Å²) in [6, 6.07) is -0.839. The van der Waals surface area contributed by atoms with Gasteiger partial charge in [-0.1, -0.05) is 6.92 Å². The zero-order valence-corrected chi connectivity index (χ0v) is 10.1. The molecule has 0 saturated carbocycles. The molecule has 1 amide bonds. The lowest BCUT2D eigenvalue weighted by molar-refractivity contribution is -0.145. The van der Waals surface area contributed by atoms with Crippen LogP contribution >= 0.6 is 0 Å². The Kier molecular flexibility index (Phi) is 4.89. The largest absolute Gasteiger partial charge is 0.480 e. The topological polar surface area (TPSA) is 102 Å². The summed E-state index contributed by atoms with van der Waals surface area (Å²) < 4.78 is 5.20. The summed E-state index contributed by atoms with van der Waals surface area (Å²) in [6.45, 7) is 2.93. The monoisotopic (exact) mass is 244 g/mol. The molecule has 1 atom stereocenters.